The van der Waals surface area contributed by atoms with Crippen molar-refractivity contribution in [1.82, 2.24) is 4.90 Å². The van der Waals surface area contributed by atoms with Crippen LogP contribution in [0, 0.1) is 0 Å². The second-order valence-electron chi connectivity index (χ2n) is 5.28. The van der Waals surface area contributed by atoms with Crippen LogP contribution in [0.15, 0.2) is 18.2 Å². The van der Waals surface area contributed by atoms with Gasteiger partial charge in [-0.3, -0.25) is 4.79 Å². The van der Waals surface area contributed by atoms with Crippen LogP contribution in [0.4, 0.5) is 0 Å². The first-order valence-electron chi connectivity index (χ1n) is 7.02. The Hall–Kier alpha value is -1.42. The van der Waals surface area contributed by atoms with Crippen LogP contribution in [0.1, 0.15) is 31.2 Å². The molecule has 1 aromatic carbocycles. The van der Waals surface area contributed by atoms with Gasteiger partial charge >= 0.3 is 0 Å². The van der Waals surface area contributed by atoms with Crippen molar-refractivity contribution in [3.8, 4) is 11.5 Å². The van der Waals surface area contributed by atoms with Crippen molar-refractivity contribution in [2.45, 2.75) is 38.3 Å². The van der Waals surface area contributed by atoms with Gasteiger partial charge in [0.15, 0.2) is 11.5 Å². The SMILES string of the molecule is O=C(CCl)N(Cc1ccc2c(c1)OCO2)C1CCCC1. The molecule has 3 rings (SSSR count). The number of benzene rings is 1. The predicted octanol–water partition coefficient (Wildman–Crippen LogP) is 2.93. The Kier molecular flexibility index (Phi) is 4.01. The third kappa shape index (κ3) is 2.70. The van der Waals surface area contributed by atoms with Crippen molar-refractivity contribution < 1.29 is 14.3 Å². The highest BCUT2D eigenvalue weighted by Crippen LogP contribution is 2.33. The highest BCUT2D eigenvalue weighted by molar-refractivity contribution is 6.27. The lowest BCUT2D eigenvalue weighted by Crippen LogP contribution is -2.39. The number of halogens is 1. The number of carbonyl (C=O) groups is 1. The summed E-state index contributed by atoms with van der Waals surface area (Å²) in [7, 11) is 0. The van der Waals surface area contributed by atoms with Crippen molar-refractivity contribution in [1.29, 1.82) is 0 Å². The number of hydrogen-bond donors (Lipinski definition) is 0. The summed E-state index contributed by atoms with van der Waals surface area (Å²) in [6.45, 7) is 0.860. The summed E-state index contributed by atoms with van der Waals surface area (Å²) in [5.41, 5.74) is 1.06. The summed E-state index contributed by atoms with van der Waals surface area (Å²) in [5.74, 6) is 1.58. The zero-order chi connectivity index (χ0) is 13.9. The lowest BCUT2D eigenvalue weighted by Gasteiger charge is -2.28. The number of amides is 1. The van der Waals surface area contributed by atoms with Crippen molar-refractivity contribution in [3.63, 3.8) is 0 Å². The van der Waals surface area contributed by atoms with Crippen LogP contribution in [0.5, 0.6) is 11.5 Å². The molecule has 1 fully saturated rings. The van der Waals surface area contributed by atoms with Gasteiger partial charge in [0, 0.05) is 12.6 Å². The zero-order valence-electron chi connectivity index (χ0n) is 11.3. The minimum Gasteiger partial charge on any atom is -0.454 e. The maximum atomic E-state index is 12.1. The molecule has 2 aliphatic rings. The largest absolute Gasteiger partial charge is 0.454 e. The first kappa shape index (κ1) is 13.6. The van der Waals surface area contributed by atoms with E-state index in [0.717, 1.165) is 29.9 Å². The molecule has 1 heterocycles. The molecule has 1 aromatic rings. The fraction of sp³-hybridized carbons (Fsp3) is 0.533. The number of ether oxygens (including phenoxy) is 2. The summed E-state index contributed by atoms with van der Waals surface area (Å²) < 4.78 is 10.7. The van der Waals surface area contributed by atoms with Gasteiger partial charge in [-0.25, -0.2) is 0 Å². The number of nitrogens with zero attached hydrogens (tertiary/aromatic N) is 1. The average molecular weight is 296 g/mol. The van der Waals surface area contributed by atoms with E-state index in [-0.39, 0.29) is 18.6 Å². The molecule has 1 amide bonds. The van der Waals surface area contributed by atoms with E-state index in [1.165, 1.54) is 12.8 Å². The molecule has 4 nitrogen and oxygen atoms in total. The number of hydrogen-bond acceptors (Lipinski definition) is 3. The molecule has 20 heavy (non-hydrogen) atoms. The fourth-order valence-electron chi connectivity index (χ4n) is 2.95. The van der Waals surface area contributed by atoms with E-state index < -0.39 is 0 Å². The van der Waals surface area contributed by atoms with Crippen LogP contribution in [0.3, 0.4) is 0 Å². The molecule has 1 saturated carbocycles. The van der Waals surface area contributed by atoms with Gasteiger partial charge in [0.1, 0.15) is 5.88 Å². The highest BCUT2D eigenvalue weighted by Gasteiger charge is 2.26. The quantitative estimate of drug-likeness (QED) is 0.802. The Morgan fingerprint density at radius 3 is 2.75 bits per heavy atom. The average Bonchev–Trinajstić information content (AvgIpc) is 3.14. The first-order valence-corrected chi connectivity index (χ1v) is 7.55. The summed E-state index contributed by atoms with van der Waals surface area (Å²) in [6.07, 6.45) is 4.54. The monoisotopic (exact) mass is 295 g/mol. The predicted molar refractivity (Wildman–Crippen MR) is 76.1 cm³/mol. The van der Waals surface area contributed by atoms with Crippen molar-refractivity contribution >= 4 is 17.5 Å². The number of rotatable bonds is 4. The fourth-order valence-corrected chi connectivity index (χ4v) is 3.10. The van der Waals surface area contributed by atoms with E-state index >= 15 is 0 Å². The molecule has 0 radical (unpaired) electrons. The van der Waals surface area contributed by atoms with Crippen LogP contribution in [0.25, 0.3) is 0 Å². The van der Waals surface area contributed by atoms with Crippen LogP contribution in [-0.4, -0.2) is 29.5 Å². The summed E-state index contributed by atoms with van der Waals surface area (Å²) >= 11 is 5.75. The smallest absolute Gasteiger partial charge is 0.238 e. The summed E-state index contributed by atoms with van der Waals surface area (Å²) in [5, 5.41) is 0. The minimum atomic E-state index is 0.0104. The number of fused-ring (bicyclic) bond motifs is 1. The standard InChI is InChI=1S/C15H18ClNO3/c16-8-15(18)17(12-3-1-2-4-12)9-11-5-6-13-14(7-11)20-10-19-13/h5-7,12H,1-4,8-10H2. The number of alkyl halides is 1. The Morgan fingerprint density at radius 2 is 2.00 bits per heavy atom. The Bertz CT molecular complexity index is 500. The Labute approximate surface area is 123 Å². The third-order valence-electron chi connectivity index (χ3n) is 3.99. The van der Waals surface area contributed by atoms with E-state index in [1.54, 1.807) is 0 Å². The molecule has 0 aromatic heterocycles. The van der Waals surface area contributed by atoms with Crippen LogP contribution in [-0.2, 0) is 11.3 Å². The van der Waals surface area contributed by atoms with E-state index in [4.69, 9.17) is 21.1 Å². The molecule has 0 atom stereocenters. The van der Waals surface area contributed by atoms with Gasteiger partial charge in [0.05, 0.1) is 0 Å². The first-order chi connectivity index (χ1) is 9.78. The zero-order valence-corrected chi connectivity index (χ0v) is 12.1. The summed E-state index contributed by atoms with van der Waals surface area (Å²) in [6, 6.07) is 6.16. The van der Waals surface area contributed by atoms with Crippen LogP contribution in [0.2, 0.25) is 0 Å². The second kappa shape index (κ2) is 5.92. The van der Waals surface area contributed by atoms with E-state index in [1.807, 2.05) is 23.1 Å². The molecule has 0 saturated heterocycles. The Balaban J connectivity index is 1.76. The van der Waals surface area contributed by atoms with Gasteiger partial charge in [0.2, 0.25) is 12.7 Å². The van der Waals surface area contributed by atoms with Crippen molar-refractivity contribution in [3.05, 3.63) is 23.8 Å². The third-order valence-corrected chi connectivity index (χ3v) is 4.22. The van der Waals surface area contributed by atoms with Crippen molar-refractivity contribution in [2.24, 2.45) is 0 Å². The van der Waals surface area contributed by atoms with Gasteiger partial charge in [-0.15, -0.1) is 11.6 Å². The van der Waals surface area contributed by atoms with Crippen molar-refractivity contribution in [2.75, 3.05) is 12.7 Å². The molecular formula is C15H18ClNO3. The van der Waals surface area contributed by atoms with E-state index in [0.29, 0.717) is 12.6 Å². The topological polar surface area (TPSA) is 38.8 Å². The molecule has 0 bridgehead atoms. The van der Waals surface area contributed by atoms with Gasteiger partial charge in [0.25, 0.3) is 0 Å². The Morgan fingerprint density at radius 1 is 1.25 bits per heavy atom. The van der Waals surface area contributed by atoms with Crippen LogP contribution >= 0.6 is 11.6 Å². The molecule has 1 aliphatic heterocycles. The van der Waals surface area contributed by atoms with E-state index in [9.17, 15) is 4.79 Å². The highest BCUT2D eigenvalue weighted by atomic mass is 35.5. The molecule has 0 N–H and O–H groups in total. The molecule has 108 valence electrons. The van der Waals surface area contributed by atoms with Gasteiger partial charge in [-0.1, -0.05) is 18.9 Å². The summed E-state index contributed by atoms with van der Waals surface area (Å²) in [4.78, 5) is 14.0. The normalized spacial score (nSPS) is 17.4. The molecule has 1 aliphatic carbocycles. The maximum Gasteiger partial charge on any atom is 0.238 e. The molecule has 0 unspecified atom stereocenters. The van der Waals surface area contributed by atoms with Gasteiger partial charge < -0.3 is 14.4 Å². The van der Waals surface area contributed by atoms with E-state index in [2.05, 4.69) is 0 Å². The van der Waals surface area contributed by atoms with Gasteiger partial charge in [-0.2, -0.15) is 0 Å². The van der Waals surface area contributed by atoms with Gasteiger partial charge in [-0.05, 0) is 30.5 Å². The number of carbonyl (C=O) groups excluding carboxylic acids is 1. The maximum absolute atomic E-state index is 12.1. The minimum absolute atomic E-state index is 0.0104. The lowest BCUT2D eigenvalue weighted by atomic mass is 10.1. The molecular weight excluding hydrogens is 278 g/mol. The molecule has 5 heteroatoms. The van der Waals surface area contributed by atoms with Crippen LogP contribution < -0.4 is 9.47 Å². The lowest BCUT2D eigenvalue weighted by molar-refractivity contribution is -0.131. The second-order valence-corrected chi connectivity index (χ2v) is 5.55. The molecule has 0 spiro atoms.